The summed E-state index contributed by atoms with van der Waals surface area (Å²) >= 11 is 0. The van der Waals surface area contributed by atoms with Crippen molar-refractivity contribution in [3.63, 3.8) is 0 Å². The number of benzene rings is 2. The van der Waals surface area contributed by atoms with Crippen molar-refractivity contribution in [3.05, 3.63) is 66.2 Å². The van der Waals surface area contributed by atoms with Crippen molar-refractivity contribution in [2.45, 2.75) is 43.1 Å². The summed E-state index contributed by atoms with van der Waals surface area (Å²) in [4.78, 5) is 2.67. The average Bonchev–Trinajstić information content (AvgIpc) is 3.18. The van der Waals surface area contributed by atoms with E-state index in [1.807, 2.05) is 6.07 Å². The molecule has 4 bridgehead atoms. The molecular formula is C27H32N2O3. The summed E-state index contributed by atoms with van der Waals surface area (Å²) < 4.78 is 18.0. The molecule has 1 N–H and O–H groups in total. The van der Waals surface area contributed by atoms with Crippen molar-refractivity contribution in [1.29, 1.82) is 0 Å². The van der Waals surface area contributed by atoms with Crippen LogP contribution < -0.4 is 14.8 Å². The van der Waals surface area contributed by atoms with Crippen molar-refractivity contribution < 1.29 is 14.2 Å². The van der Waals surface area contributed by atoms with Gasteiger partial charge in [0, 0.05) is 24.7 Å². The minimum atomic E-state index is -0.224. The van der Waals surface area contributed by atoms with Gasteiger partial charge in [0.15, 0.2) is 0 Å². The molecule has 4 saturated heterocycles. The maximum atomic E-state index is 6.87. The van der Waals surface area contributed by atoms with Gasteiger partial charge in [0.2, 0.25) is 0 Å². The van der Waals surface area contributed by atoms with E-state index in [2.05, 4.69) is 59.3 Å². The first kappa shape index (κ1) is 20.1. The van der Waals surface area contributed by atoms with Crippen LogP contribution in [-0.4, -0.2) is 50.6 Å². The Balaban J connectivity index is 1.49. The summed E-state index contributed by atoms with van der Waals surface area (Å²) in [6.45, 7) is 6.36. The Bertz CT molecular complexity index is 1020. The van der Waals surface area contributed by atoms with Crippen molar-refractivity contribution in [2.24, 2.45) is 11.8 Å². The largest absolute Gasteiger partial charge is 0.497 e. The van der Waals surface area contributed by atoms with Gasteiger partial charge < -0.3 is 19.5 Å². The molecule has 5 aliphatic rings. The molecule has 4 fully saturated rings. The van der Waals surface area contributed by atoms with Gasteiger partial charge in [-0.2, -0.15) is 0 Å². The van der Waals surface area contributed by atoms with Crippen molar-refractivity contribution >= 4 is 5.69 Å². The van der Waals surface area contributed by atoms with Crippen LogP contribution in [0, 0.1) is 11.8 Å². The Kier molecular flexibility index (Phi) is 4.74. The lowest BCUT2D eigenvalue weighted by molar-refractivity contribution is -0.0745. The Hall–Kier alpha value is -2.50. The summed E-state index contributed by atoms with van der Waals surface area (Å²) in [6, 6.07) is 15.4. The van der Waals surface area contributed by atoms with Crippen LogP contribution in [0.15, 0.2) is 55.1 Å². The second kappa shape index (κ2) is 7.53. The van der Waals surface area contributed by atoms with E-state index in [0.29, 0.717) is 17.9 Å². The van der Waals surface area contributed by atoms with E-state index in [1.165, 1.54) is 24.0 Å². The summed E-state index contributed by atoms with van der Waals surface area (Å²) in [5.74, 6) is 3.08. The summed E-state index contributed by atoms with van der Waals surface area (Å²) in [7, 11) is 3.46. The zero-order valence-corrected chi connectivity index (χ0v) is 18.9. The Morgan fingerprint density at radius 3 is 2.59 bits per heavy atom. The molecule has 2 aromatic rings. The molecule has 7 rings (SSSR count). The van der Waals surface area contributed by atoms with Crippen LogP contribution in [0.4, 0.5) is 5.69 Å². The van der Waals surface area contributed by atoms with Crippen LogP contribution >= 0.6 is 0 Å². The highest BCUT2D eigenvalue weighted by atomic mass is 16.5. The number of methoxy groups -OCH3 is 2. The molecule has 32 heavy (non-hydrogen) atoms. The van der Waals surface area contributed by atoms with Gasteiger partial charge in [0.25, 0.3) is 0 Å². The standard InChI is InChI=1S/C27H32N2O3/c1-4-17-16-29-12-11-18(17)13-24(29)26-27(19-5-7-20(30-2)8-6-19)15-25(32-26)28-23-10-9-21(31-3)14-22(23)27/h4-10,14,17-18,24-26,28H,1,11-13,15-16H2,2-3H3/t17-,18-,24+,25-,26-,27-/m0/s1. The van der Waals surface area contributed by atoms with Gasteiger partial charge in [-0.05, 0) is 72.7 Å². The van der Waals surface area contributed by atoms with Gasteiger partial charge in [0.1, 0.15) is 17.7 Å². The highest BCUT2D eigenvalue weighted by molar-refractivity contribution is 5.65. The second-order valence-corrected chi connectivity index (χ2v) is 9.75. The molecule has 0 aliphatic carbocycles. The number of rotatable bonds is 5. The Morgan fingerprint density at radius 1 is 1.12 bits per heavy atom. The fourth-order valence-corrected chi connectivity index (χ4v) is 6.85. The predicted molar refractivity (Wildman–Crippen MR) is 125 cm³/mol. The Labute approximate surface area is 190 Å². The van der Waals surface area contributed by atoms with Crippen LogP contribution in [0.3, 0.4) is 0 Å². The SMILES string of the molecule is C=C[C@H]1CN2CC[C@H]1C[C@@H]2[C@@H]1O[C@H]2C[C@]1(c1ccc(OC)cc1)c1cc(OC)ccc1N2. The molecule has 5 heterocycles. The molecule has 2 aromatic carbocycles. The van der Waals surface area contributed by atoms with E-state index in [0.717, 1.165) is 36.7 Å². The molecule has 0 spiro atoms. The highest BCUT2D eigenvalue weighted by Gasteiger charge is 2.59. The molecule has 0 amide bonds. The van der Waals surface area contributed by atoms with Gasteiger partial charge >= 0.3 is 0 Å². The predicted octanol–water partition coefficient (Wildman–Crippen LogP) is 4.43. The van der Waals surface area contributed by atoms with Crippen molar-refractivity contribution in [2.75, 3.05) is 32.6 Å². The first-order chi connectivity index (χ1) is 15.7. The van der Waals surface area contributed by atoms with Crippen molar-refractivity contribution in [1.82, 2.24) is 4.90 Å². The quantitative estimate of drug-likeness (QED) is 0.709. The minimum absolute atomic E-state index is 0.0138. The minimum Gasteiger partial charge on any atom is -0.497 e. The average molecular weight is 433 g/mol. The molecule has 7 atom stereocenters. The van der Waals surface area contributed by atoms with Gasteiger partial charge in [-0.25, -0.2) is 0 Å². The van der Waals surface area contributed by atoms with Gasteiger partial charge in [-0.15, -0.1) is 6.58 Å². The van der Waals surface area contributed by atoms with E-state index >= 15 is 0 Å². The highest BCUT2D eigenvalue weighted by Crippen LogP contribution is 2.56. The third kappa shape index (κ3) is 2.84. The topological polar surface area (TPSA) is 43.0 Å². The lowest BCUT2D eigenvalue weighted by Gasteiger charge is -2.53. The number of piperidine rings is 3. The molecule has 168 valence electrons. The number of hydrogen-bond donors (Lipinski definition) is 1. The van der Waals surface area contributed by atoms with E-state index in [-0.39, 0.29) is 17.7 Å². The summed E-state index contributed by atoms with van der Waals surface area (Å²) in [5.41, 5.74) is 3.51. The van der Waals surface area contributed by atoms with E-state index in [9.17, 15) is 0 Å². The number of hydrogen-bond acceptors (Lipinski definition) is 5. The maximum Gasteiger partial charge on any atom is 0.129 e. The second-order valence-electron chi connectivity index (χ2n) is 9.75. The first-order valence-corrected chi connectivity index (χ1v) is 11.8. The third-order valence-corrected chi connectivity index (χ3v) is 8.44. The molecule has 5 heteroatoms. The molecule has 0 aromatic heterocycles. The molecule has 5 nitrogen and oxygen atoms in total. The van der Waals surface area contributed by atoms with Gasteiger partial charge in [-0.1, -0.05) is 18.2 Å². The summed E-state index contributed by atoms with van der Waals surface area (Å²) in [6.07, 6.45) is 5.62. The lowest BCUT2D eigenvalue weighted by atomic mass is 9.62. The fraction of sp³-hybridized carbons (Fsp3) is 0.481. The molecule has 0 radical (unpaired) electrons. The third-order valence-electron chi connectivity index (χ3n) is 8.44. The Morgan fingerprint density at radius 2 is 1.91 bits per heavy atom. The van der Waals surface area contributed by atoms with Crippen LogP contribution in [0.25, 0.3) is 0 Å². The van der Waals surface area contributed by atoms with Crippen LogP contribution in [0.2, 0.25) is 0 Å². The molecule has 0 saturated carbocycles. The van der Waals surface area contributed by atoms with Crippen LogP contribution in [0.5, 0.6) is 11.5 Å². The molecule has 5 aliphatic heterocycles. The molecular weight excluding hydrogens is 400 g/mol. The van der Waals surface area contributed by atoms with Gasteiger partial charge in [0.05, 0.1) is 25.7 Å². The number of fused-ring (bicyclic) bond motifs is 7. The zero-order chi connectivity index (χ0) is 21.9. The van der Waals surface area contributed by atoms with E-state index in [4.69, 9.17) is 14.2 Å². The maximum absolute atomic E-state index is 6.87. The lowest BCUT2D eigenvalue weighted by Crippen LogP contribution is -2.60. The van der Waals surface area contributed by atoms with E-state index < -0.39 is 0 Å². The van der Waals surface area contributed by atoms with Crippen LogP contribution in [0.1, 0.15) is 30.4 Å². The number of nitrogens with one attached hydrogen (secondary N) is 1. The zero-order valence-electron chi connectivity index (χ0n) is 18.9. The fourth-order valence-electron chi connectivity index (χ4n) is 6.85. The summed E-state index contributed by atoms with van der Waals surface area (Å²) in [5, 5.41) is 3.65. The number of ether oxygens (including phenoxy) is 3. The van der Waals surface area contributed by atoms with Gasteiger partial charge in [-0.3, -0.25) is 4.90 Å². The first-order valence-electron chi connectivity index (χ1n) is 11.8. The van der Waals surface area contributed by atoms with Crippen LogP contribution in [-0.2, 0) is 10.2 Å². The number of nitrogens with zero attached hydrogens (tertiary/aromatic N) is 1. The monoisotopic (exact) mass is 432 g/mol. The van der Waals surface area contributed by atoms with Crippen molar-refractivity contribution in [3.8, 4) is 11.5 Å². The normalized spacial score (nSPS) is 36.8. The van der Waals surface area contributed by atoms with E-state index in [1.54, 1.807) is 14.2 Å². The number of anilines is 1. The molecule has 1 unspecified atom stereocenters. The smallest absolute Gasteiger partial charge is 0.129 e.